The zero-order valence-electron chi connectivity index (χ0n) is 12.9. The Morgan fingerprint density at radius 1 is 1.37 bits per heavy atom. The highest BCUT2D eigenvalue weighted by atomic mass is 16.2. The molecular formula is C14H26N4O. The summed E-state index contributed by atoms with van der Waals surface area (Å²) in [7, 11) is 0. The van der Waals surface area contributed by atoms with Crippen molar-refractivity contribution >= 4 is 5.91 Å². The molecule has 1 amide bonds. The number of nitrogens with zero attached hydrogens (tertiary/aromatic N) is 3. The second kappa shape index (κ2) is 6.17. The molecule has 0 bridgehead atoms. The van der Waals surface area contributed by atoms with E-state index in [1.807, 2.05) is 32.6 Å². The van der Waals surface area contributed by atoms with Crippen LogP contribution in [0.25, 0.3) is 0 Å². The molecule has 1 heterocycles. The summed E-state index contributed by atoms with van der Waals surface area (Å²) in [6.07, 6.45) is 1.06. The first-order valence-electron chi connectivity index (χ1n) is 7.01. The van der Waals surface area contributed by atoms with Crippen LogP contribution in [0.1, 0.15) is 64.4 Å². The maximum Gasteiger partial charge on any atom is 0.293 e. The van der Waals surface area contributed by atoms with Gasteiger partial charge in [-0.05, 0) is 12.8 Å². The molecule has 108 valence electrons. The fourth-order valence-electron chi connectivity index (χ4n) is 1.70. The van der Waals surface area contributed by atoms with E-state index in [0.717, 1.165) is 18.8 Å². The highest BCUT2D eigenvalue weighted by molar-refractivity contribution is 5.90. The van der Waals surface area contributed by atoms with Crippen molar-refractivity contribution in [3.05, 3.63) is 11.6 Å². The average Bonchev–Trinajstić information content (AvgIpc) is 2.84. The molecule has 0 saturated heterocycles. The Balaban J connectivity index is 2.83. The van der Waals surface area contributed by atoms with Crippen LogP contribution in [0, 0.1) is 5.92 Å². The molecule has 1 rings (SSSR count). The normalized spacial score (nSPS) is 13.4. The van der Waals surface area contributed by atoms with E-state index in [2.05, 4.69) is 29.0 Å². The Morgan fingerprint density at radius 2 is 2.00 bits per heavy atom. The van der Waals surface area contributed by atoms with Gasteiger partial charge in [-0.15, -0.1) is 5.10 Å². The van der Waals surface area contributed by atoms with Gasteiger partial charge >= 0.3 is 0 Å². The minimum atomic E-state index is -0.126. The smallest absolute Gasteiger partial charge is 0.293 e. The number of carbonyl (C=O) groups is 1. The van der Waals surface area contributed by atoms with Gasteiger partial charge in [0.1, 0.15) is 5.82 Å². The second-order valence-electron chi connectivity index (χ2n) is 6.11. The van der Waals surface area contributed by atoms with Crippen LogP contribution >= 0.6 is 0 Å². The minimum Gasteiger partial charge on any atom is -0.336 e. The van der Waals surface area contributed by atoms with E-state index < -0.39 is 0 Å². The van der Waals surface area contributed by atoms with E-state index in [4.69, 9.17) is 0 Å². The summed E-state index contributed by atoms with van der Waals surface area (Å²) in [5.74, 6) is 1.42. The van der Waals surface area contributed by atoms with Crippen LogP contribution in [-0.4, -0.2) is 39.1 Å². The van der Waals surface area contributed by atoms with Crippen LogP contribution in [0.3, 0.4) is 0 Å². The van der Waals surface area contributed by atoms with E-state index in [1.54, 1.807) is 0 Å². The molecule has 0 saturated carbocycles. The first kappa shape index (κ1) is 15.7. The van der Waals surface area contributed by atoms with Gasteiger partial charge in [-0.3, -0.25) is 9.89 Å². The number of aromatic nitrogens is 3. The first-order valence-corrected chi connectivity index (χ1v) is 7.01. The van der Waals surface area contributed by atoms with Gasteiger partial charge in [0.05, 0.1) is 0 Å². The lowest BCUT2D eigenvalue weighted by molar-refractivity contribution is 0.0729. The third kappa shape index (κ3) is 4.04. The highest BCUT2D eigenvalue weighted by Crippen LogP contribution is 2.18. The van der Waals surface area contributed by atoms with Gasteiger partial charge in [0.15, 0.2) is 0 Å². The van der Waals surface area contributed by atoms with E-state index in [0.29, 0.717) is 12.5 Å². The molecule has 0 fully saturated rings. The molecule has 5 nitrogen and oxygen atoms in total. The van der Waals surface area contributed by atoms with E-state index in [1.165, 1.54) is 0 Å². The largest absolute Gasteiger partial charge is 0.336 e. The fraction of sp³-hybridized carbons (Fsp3) is 0.786. The molecule has 0 aromatic carbocycles. The second-order valence-corrected chi connectivity index (χ2v) is 6.11. The number of aromatic amines is 1. The maximum absolute atomic E-state index is 12.3. The quantitative estimate of drug-likeness (QED) is 0.891. The van der Waals surface area contributed by atoms with Crippen molar-refractivity contribution in [1.82, 2.24) is 20.1 Å². The summed E-state index contributed by atoms with van der Waals surface area (Å²) in [6.45, 7) is 13.8. The van der Waals surface area contributed by atoms with Gasteiger partial charge in [-0.1, -0.05) is 41.0 Å². The molecule has 0 aliphatic carbocycles. The van der Waals surface area contributed by atoms with Crippen molar-refractivity contribution in [2.24, 2.45) is 5.92 Å². The standard InChI is InChI=1S/C14H26N4O/c1-7-10(3)9-18(8-2)12(19)11-15-13(17-16-11)14(4,5)6/h10H,7-9H2,1-6H3,(H,15,16,17). The molecule has 1 aromatic heterocycles. The van der Waals surface area contributed by atoms with Gasteiger partial charge in [0, 0.05) is 18.5 Å². The van der Waals surface area contributed by atoms with Crippen molar-refractivity contribution in [3.63, 3.8) is 0 Å². The van der Waals surface area contributed by atoms with E-state index in [-0.39, 0.29) is 17.1 Å². The summed E-state index contributed by atoms with van der Waals surface area (Å²) < 4.78 is 0. The molecule has 0 radical (unpaired) electrons. The number of carbonyl (C=O) groups excluding carboxylic acids is 1. The monoisotopic (exact) mass is 266 g/mol. The predicted octanol–water partition coefficient (Wildman–Crippen LogP) is 2.61. The van der Waals surface area contributed by atoms with Crippen LogP contribution in [0.2, 0.25) is 0 Å². The van der Waals surface area contributed by atoms with Gasteiger partial charge in [-0.25, -0.2) is 4.98 Å². The predicted molar refractivity (Wildman–Crippen MR) is 76.1 cm³/mol. The fourth-order valence-corrected chi connectivity index (χ4v) is 1.70. The molecule has 0 aliphatic heterocycles. The minimum absolute atomic E-state index is 0.0884. The zero-order chi connectivity index (χ0) is 14.6. The average molecular weight is 266 g/mol. The molecule has 0 spiro atoms. The van der Waals surface area contributed by atoms with E-state index in [9.17, 15) is 4.79 Å². The van der Waals surface area contributed by atoms with Gasteiger partial charge in [0.2, 0.25) is 5.82 Å². The number of hydrogen-bond acceptors (Lipinski definition) is 3. The van der Waals surface area contributed by atoms with Crippen molar-refractivity contribution in [3.8, 4) is 0 Å². The van der Waals surface area contributed by atoms with Gasteiger partial charge in [-0.2, -0.15) is 0 Å². The van der Waals surface area contributed by atoms with Crippen molar-refractivity contribution in [2.75, 3.05) is 13.1 Å². The van der Waals surface area contributed by atoms with Crippen LogP contribution in [-0.2, 0) is 5.41 Å². The maximum atomic E-state index is 12.3. The van der Waals surface area contributed by atoms with Crippen LogP contribution in [0.15, 0.2) is 0 Å². The Kier molecular flexibility index (Phi) is 5.09. The SMILES string of the molecule is CCC(C)CN(CC)C(=O)c1n[nH]c(C(C)(C)C)n1. The number of nitrogens with one attached hydrogen (secondary N) is 1. The third-order valence-corrected chi connectivity index (χ3v) is 3.29. The molecule has 1 atom stereocenters. The topological polar surface area (TPSA) is 61.9 Å². The first-order chi connectivity index (χ1) is 8.79. The number of H-pyrrole nitrogens is 1. The summed E-state index contributed by atoms with van der Waals surface area (Å²) in [5.41, 5.74) is -0.126. The number of hydrogen-bond donors (Lipinski definition) is 1. The van der Waals surface area contributed by atoms with Crippen molar-refractivity contribution in [2.45, 2.75) is 53.4 Å². The van der Waals surface area contributed by atoms with Crippen LogP contribution in [0.4, 0.5) is 0 Å². The Labute approximate surface area is 115 Å². The Bertz CT molecular complexity index is 419. The van der Waals surface area contributed by atoms with E-state index >= 15 is 0 Å². The number of amides is 1. The third-order valence-electron chi connectivity index (χ3n) is 3.29. The van der Waals surface area contributed by atoms with Gasteiger partial charge in [0.25, 0.3) is 5.91 Å². The lowest BCUT2D eigenvalue weighted by Gasteiger charge is -2.22. The lowest BCUT2D eigenvalue weighted by Crippen LogP contribution is -2.35. The molecule has 1 unspecified atom stereocenters. The molecule has 0 aliphatic rings. The molecule has 19 heavy (non-hydrogen) atoms. The van der Waals surface area contributed by atoms with Crippen molar-refractivity contribution < 1.29 is 4.79 Å². The molecule has 1 aromatic rings. The number of rotatable bonds is 5. The molecular weight excluding hydrogens is 240 g/mol. The van der Waals surface area contributed by atoms with Gasteiger partial charge < -0.3 is 4.90 Å². The van der Waals surface area contributed by atoms with Crippen LogP contribution in [0.5, 0.6) is 0 Å². The summed E-state index contributed by atoms with van der Waals surface area (Å²) >= 11 is 0. The Morgan fingerprint density at radius 3 is 2.42 bits per heavy atom. The lowest BCUT2D eigenvalue weighted by atomic mass is 9.96. The molecule has 1 N–H and O–H groups in total. The Hall–Kier alpha value is -1.39. The highest BCUT2D eigenvalue weighted by Gasteiger charge is 2.24. The summed E-state index contributed by atoms with van der Waals surface area (Å²) in [5, 5.41) is 6.92. The summed E-state index contributed by atoms with van der Waals surface area (Å²) in [4.78, 5) is 18.5. The van der Waals surface area contributed by atoms with Crippen molar-refractivity contribution in [1.29, 1.82) is 0 Å². The van der Waals surface area contributed by atoms with Crippen LogP contribution < -0.4 is 0 Å². The molecule has 5 heteroatoms. The summed E-state index contributed by atoms with van der Waals surface area (Å²) in [6, 6.07) is 0. The zero-order valence-corrected chi connectivity index (χ0v) is 12.9.